The first kappa shape index (κ1) is 30.0. The average Bonchev–Trinajstić information content (AvgIpc) is 3.71. The van der Waals surface area contributed by atoms with Gasteiger partial charge in [0.15, 0.2) is 0 Å². The number of aliphatic hydroxyl groups is 1. The number of likely N-dealkylation sites (tertiary alicyclic amines) is 1. The van der Waals surface area contributed by atoms with Crippen LogP contribution in [-0.2, 0) is 9.53 Å². The summed E-state index contributed by atoms with van der Waals surface area (Å²) < 4.78 is 28.0. The van der Waals surface area contributed by atoms with Gasteiger partial charge >= 0.3 is 0 Å². The lowest BCUT2D eigenvalue weighted by atomic mass is 9.96. The second kappa shape index (κ2) is 11.7. The number of hydrogen-bond donors (Lipinski definition) is 1. The largest absolute Gasteiger partial charge is 0.496 e. The highest BCUT2D eigenvalue weighted by Crippen LogP contribution is 2.46. The van der Waals surface area contributed by atoms with Gasteiger partial charge in [0.25, 0.3) is 5.91 Å². The molecular weight excluding hydrogens is 561 g/mol. The van der Waals surface area contributed by atoms with Crippen LogP contribution in [0.2, 0.25) is 0 Å². The second-order valence-electron chi connectivity index (χ2n) is 11.5. The first-order chi connectivity index (χ1) is 19.9. The Morgan fingerprint density at radius 3 is 2.57 bits per heavy atom. The van der Waals surface area contributed by atoms with E-state index in [-0.39, 0.29) is 18.6 Å². The van der Waals surface area contributed by atoms with Gasteiger partial charge < -0.3 is 24.4 Å². The molecule has 2 aliphatic rings. The smallest absolute Gasteiger partial charge is 0.261 e. The third kappa shape index (κ3) is 5.27. The lowest BCUT2D eigenvalue weighted by Gasteiger charge is -2.49. The minimum atomic E-state index is -1.51. The molecule has 1 aromatic carbocycles. The summed E-state index contributed by atoms with van der Waals surface area (Å²) >= 11 is 1.31. The predicted octanol–water partition coefficient (Wildman–Crippen LogP) is 4.50. The fraction of sp³-hybridized carbons (Fsp3) is 0.500. The Bertz CT molecular complexity index is 1450. The molecule has 0 radical (unpaired) electrons. The van der Waals surface area contributed by atoms with Crippen molar-refractivity contribution in [3.63, 3.8) is 0 Å². The van der Waals surface area contributed by atoms with Gasteiger partial charge in [0, 0.05) is 36.6 Å². The van der Waals surface area contributed by atoms with E-state index in [9.17, 15) is 19.1 Å². The maximum Gasteiger partial charge on any atom is 0.261 e. The predicted molar refractivity (Wildman–Crippen MR) is 158 cm³/mol. The Kier molecular flexibility index (Phi) is 8.32. The number of ether oxygens (including phenoxy) is 2. The molecule has 0 saturated carbocycles. The standard InChI is InChI=1S/C30H38FN5O5S/c1-18(2)41-23(21-16-20(31)10-11-22(21)40-6)17-34-27-24(19(3)26(42-27)35-15-9-12-32-35)25(37)36(29(34)39)30(4,5)28(38)33-13-7-8-14-33/h9-12,15-16,18,23,29,39H,7-8,13-14,17H2,1-6H3/t23-,29?/m0/s1. The Labute approximate surface area is 249 Å². The number of anilines is 1. The van der Waals surface area contributed by atoms with Gasteiger partial charge in [-0.25, -0.2) is 9.07 Å². The minimum absolute atomic E-state index is 0.0441. The van der Waals surface area contributed by atoms with E-state index in [4.69, 9.17) is 9.47 Å². The summed E-state index contributed by atoms with van der Waals surface area (Å²) in [6.45, 7) is 10.2. The maximum atomic E-state index is 14.5. The summed E-state index contributed by atoms with van der Waals surface area (Å²) in [4.78, 5) is 32.7. The highest BCUT2D eigenvalue weighted by atomic mass is 32.1. The van der Waals surface area contributed by atoms with E-state index in [0.717, 1.165) is 12.8 Å². The van der Waals surface area contributed by atoms with Crippen LogP contribution >= 0.6 is 11.3 Å². The molecule has 4 heterocycles. The summed E-state index contributed by atoms with van der Waals surface area (Å²) in [5.41, 5.74) is 0.172. The van der Waals surface area contributed by atoms with Gasteiger partial charge in [-0.3, -0.25) is 14.5 Å². The van der Waals surface area contributed by atoms with Gasteiger partial charge in [-0.15, -0.1) is 0 Å². The van der Waals surface area contributed by atoms with E-state index in [2.05, 4.69) is 5.10 Å². The van der Waals surface area contributed by atoms with Crippen molar-refractivity contribution in [3.8, 4) is 10.8 Å². The van der Waals surface area contributed by atoms with Crippen molar-refractivity contribution in [2.24, 2.45) is 0 Å². The van der Waals surface area contributed by atoms with Gasteiger partial charge in [0.2, 0.25) is 12.3 Å². The number of amides is 2. The number of rotatable bonds is 9. The number of nitrogens with zero attached hydrogens (tertiary/aromatic N) is 5. The van der Waals surface area contributed by atoms with Crippen LogP contribution in [-0.4, -0.2) is 81.2 Å². The van der Waals surface area contributed by atoms with Crippen LogP contribution in [0.1, 0.15) is 68.1 Å². The molecule has 2 aliphatic heterocycles. The van der Waals surface area contributed by atoms with Crippen molar-refractivity contribution in [3.05, 3.63) is 59.2 Å². The first-order valence-corrected chi connectivity index (χ1v) is 15.0. The van der Waals surface area contributed by atoms with Crippen molar-refractivity contribution < 1.29 is 28.6 Å². The van der Waals surface area contributed by atoms with Crippen LogP contribution < -0.4 is 9.64 Å². The molecule has 10 nitrogen and oxygen atoms in total. The van der Waals surface area contributed by atoms with Crippen molar-refractivity contribution in [1.82, 2.24) is 19.6 Å². The number of methoxy groups -OCH3 is 1. The monoisotopic (exact) mass is 599 g/mol. The Morgan fingerprint density at radius 2 is 1.95 bits per heavy atom. The third-order valence-corrected chi connectivity index (χ3v) is 9.19. The quantitative estimate of drug-likeness (QED) is 0.387. The number of carbonyl (C=O) groups is 2. The molecule has 42 heavy (non-hydrogen) atoms. The molecule has 0 spiro atoms. The Hall–Kier alpha value is -3.48. The van der Waals surface area contributed by atoms with E-state index in [1.54, 1.807) is 46.8 Å². The fourth-order valence-electron chi connectivity index (χ4n) is 5.83. The molecule has 1 fully saturated rings. The number of halogens is 1. The van der Waals surface area contributed by atoms with E-state index >= 15 is 0 Å². The number of aromatic nitrogens is 2. The highest BCUT2D eigenvalue weighted by molar-refractivity contribution is 7.19. The maximum absolute atomic E-state index is 14.5. The van der Waals surface area contributed by atoms with Gasteiger partial charge in [-0.1, -0.05) is 11.3 Å². The molecule has 0 bridgehead atoms. The molecule has 2 atom stereocenters. The zero-order valence-corrected chi connectivity index (χ0v) is 25.7. The van der Waals surface area contributed by atoms with Crippen LogP contribution in [0.5, 0.6) is 5.75 Å². The SMILES string of the molecule is COc1ccc(F)cc1[C@H](CN1c2sc(-n3cccn3)c(C)c2C(=O)N(C(C)(C)C(=O)N2CCCC2)C1O)OC(C)C. The number of benzene rings is 1. The normalized spacial score (nSPS) is 18.2. The summed E-state index contributed by atoms with van der Waals surface area (Å²) in [6, 6.07) is 6.01. The topological polar surface area (TPSA) is 100 Å². The zero-order chi connectivity index (χ0) is 30.3. The average molecular weight is 600 g/mol. The molecular formula is C30H38FN5O5S. The number of hydrogen-bond acceptors (Lipinski definition) is 8. The first-order valence-electron chi connectivity index (χ1n) is 14.2. The number of fused-ring (bicyclic) bond motifs is 1. The molecule has 2 aromatic heterocycles. The summed E-state index contributed by atoms with van der Waals surface area (Å²) in [6.07, 6.45) is 2.73. The Morgan fingerprint density at radius 1 is 1.24 bits per heavy atom. The molecule has 12 heteroatoms. The number of aliphatic hydroxyl groups excluding tert-OH is 1. The second-order valence-corrected chi connectivity index (χ2v) is 12.4. The van der Waals surface area contributed by atoms with Gasteiger partial charge in [-0.05, 0) is 71.7 Å². The van der Waals surface area contributed by atoms with E-state index in [1.165, 1.54) is 41.5 Å². The molecule has 1 N–H and O–H groups in total. The fourth-order valence-corrected chi connectivity index (χ4v) is 7.09. The van der Waals surface area contributed by atoms with Crippen LogP contribution in [0, 0.1) is 12.7 Å². The minimum Gasteiger partial charge on any atom is -0.496 e. The Balaban J connectivity index is 1.64. The van der Waals surface area contributed by atoms with E-state index in [0.29, 0.717) is 45.5 Å². The molecule has 2 amide bonds. The van der Waals surface area contributed by atoms with Crippen molar-refractivity contribution >= 4 is 28.2 Å². The van der Waals surface area contributed by atoms with Crippen molar-refractivity contribution in [2.45, 2.75) is 71.6 Å². The van der Waals surface area contributed by atoms with Crippen LogP contribution in [0.3, 0.4) is 0 Å². The zero-order valence-electron chi connectivity index (χ0n) is 24.8. The summed E-state index contributed by atoms with van der Waals surface area (Å²) in [5.74, 6) is -0.683. The molecule has 0 aliphatic carbocycles. The lowest BCUT2D eigenvalue weighted by molar-refractivity contribution is -0.146. The summed E-state index contributed by atoms with van der Waals surface area (Å²) in [7, 11) is 1.50. The number of carbonyl (C=O) groups excluding carboxylic acids is 2. The van der Waals surface area contributed by atoms with Gasteiger partial charge in [0.05, 0.1) is 25.3 Å². The number of thiophene rings is 1. The molecule has 3 aromatic rings. The van der Waals surface area contributed by atoms with E-state index < -0.39 is 29.7 Å². The highest BCUT2D eigenvalue weighted by Gasteiger charge is 2.51. The van der Waals surface area contributed by atoms with Crippen molar-refractivity contribution in [2.75, 3.05) is 31.6 Å². The molecule has 5 rings (SSSR count). The molecule has 1 saturated heterocycles. The van der Waals surface area contributed by atoms with Crippen LogP contribution in [0.15, 0.2) is 36.7 Å². The molecule has 1 unspecified atom stereocenters. The lowest BCUT2D eigenvalue weighted by Crippen LogP contribution is -2.67. The van der Waals surface area contributed by atoms with E-state index in [1.807, 2.05) is 20.8 Å². The van der Waals surface area contributed by atoms with Crippen LogP contribution in [0.25, 0.3) is 5.00 Å². The molecule has 226 valence electrons. The van der Waals surface area contributed by atoms with Crippen LogP contribution in [0.4, 0.5) is 9.39 Å². The van der Waals surface area contributed by atoms with Crippen molar-refractivity contribution in [1.29, 1.82) is 0 Å². The summed E-state index contributed by atoms with van der Waals surface area (Å²) in [5, 5.41) is 17.6. The third-order valence-electron chi connectivity index (χ3n) is 7.88. The van der Waals surface area contributed by atoms with Gasteiger partial charge in [-0.2, -0.15) is 5.10 Å². The van der Waals surface area contributed by atoms with Gasteiger partial charge in [0.1, 0.15) is 33.2 Å².